The summed E-state index contributed by atoms with van der Waals surface area (Å²) < 4.78 is 0. The fourth-order valence-electron chi connectivity index (χ4n) is 1.43. The lowest BCUT2D eigenvalue weighted by Gasteiger charge is -2.24. The van der Waals surface area contributed by atoms with Gasteiger partial charge in [-0.2, -0.15) is 0 Å². The van der Waals surface area contributed by atoms with Crippen molar-refractivity contribution in [2.45, 2.75) is 0 Å². The van der Waals surface area contributed by atoms with Crippen LogP contribution in [0.15, 0.2) is 12.4 Å². The third-order valence-corrected chi connectivity index (χ3v) is 2.11. The van der Waals surface area contributed by atoms with Gasteiger partial charge in [0.05, 0.1) is 12.4 Å². The number of carbonyl (C=O) groups is 3. The first-order valence-corrected chi connectivity index (χ1v) is 4.76. The standard InChI is InChI=1S/C9H9N5O3/c10-6-2-11-1-5(12-6)9(17)14-3-7(15)13-8(16)4-14/h1-2H,3-4H2,(H2,10,12)(H,13,15,16). The van der Waals surface area contributed by atoms with Crippen LogP contribution < -0.4 is 11.1 Å². The number of nitrogen functional groups attached to an aromatic ring is 1. The average Bonchev–Trinajstić information content (AvgIpc) is 2.26. The van der Waals surface area contributed by atoms with E-state index in [2.05, 4.69) is 15.3 Å². The quantitative estimate of drug-likeness (QED) is 0.552. The van der Waals surface area contributed by atoms with E-state index in [-0.39, 0.29) is 24.6 Å². The molecule has 3 amide bonds. The van der Waals surface area contributed by atoms with Gasteiger partial charge in [0.1, 0.15) is 24.6 Å². The summed E-state index contributed by atoms with van der Waals surface area (Å²) in [6.45, 7) is -0.359. The summed E-state index contributed by atoms with van der Waals surface area (Å²) in [5.74, 6) is -1.49. The maximum Gasteiger partial charge on any atom is 0.275 e. The monoisotopic (exact) mass is 235 g/mol. The molecule has 2 heterocycles. The largest absolute Gasteiger partial charge is 0.382 e. The van der Waals surface area contributed by atoms with E-state index < -0.39 is 17.7 Å². The number of aromatic nitrogens is 2. The predicted molar refractivity (Wildman–Crippen MR) is 55.5 cm³/mol. The molecule has 0 aromatic carbocycles. The Bertz CT molecular complexity index is 485. The molecule has 17 heavy (non-hydrogen) atoms. The van der Waals surface area contributed by atoms with Gasteiger partial charge >= 0.3 is 0 Å². The molecule has 0 radical (unpaired) electrons. The Morgan fingerprint density at radius 1 is 1.29 bits per heavy atom. The third-order valence-electron chi connectivity index (χ3n) is 2.11. The molecule has 1 fully saturated rings. The molecule has 3 N–H and O–H groups in total. The molecule has 88 valence electrons. The van der Waals surface area contributed by atoms with Crippen LogP contribution >= 0.6 is 0 Å². The third kappa shape index (κ3) is 2.36. The predicted octanol–water partition coefficient (Wildman–Crippen LogP) is -1.84. The number of anilines is 1. The fraction of sp³-hybridized carbons (Fsp3) is 0.222. The number of piperazine rings is 1. The number of imide groups is 1. The van der Waals surface area contributed by atoms with Crippen LogP contribution in [0, 0.1) is 0 Å². The van der Waals surface area contributed by atoms with E-state index in [1.165, 1.54) is 12.4 Å². The molecular formula is C9H9N5O3. The van der Waals surface area contributed by atoms with E-state index in [1.807, 2.05) is 0 Å². The van der Waals surface area contributed by atoms with Gasteiger partial charge in [-0.3, -0.25) is 24.7 Å². The van der Waals surface area contributed by atoms with Crippen LogP contribution in [-0.4, -0.2) is 45.7 Å². The van der Waals surface area contributed by atoms with Crippen molar-refractivity contribution in [3.05, 3.63) is 18.1 Å². The van der Waals surface area contributed by atoms with E-state index in [9.17, 15) is 14.4 Å². The zero-order valence-corrected chi connectivity index (χ0v) is 8.71. The molecule has 0 unspecified atom stereocenters. The summed E-state index contributed by atoms with van der Waals surface area (Å²) in [7, 11) is 0. The molecule has 0 bridgehead atoms. The fourth-order valence-corrected chi connectivity index (χ4v) is 1.43. The van der Waals surface area contributed by atoms with E-state index in [0.717, 1.165) is 4.90 Å². The van der Waals surface area contributed by atoms with Crippen LogP contribution in [0.2, 0.25) is 0 Å². The Kier molecular flexibility index (Phi) is 2.69. The summed E-state index contributed by atoms with van der Waals surface area (Å²) >= 11 is 0. The summed E-state index contributed by atoms with van der Waals surface area (Å²) in [5.41, 5.74) is 5.40. The first kappa shape index (κ1) is 11.0. The number of nitrogens with one attached hydrogen (secondary N) is 1. The Balaban J connectivity index is 2.20. The van der Waals surface area contributed by atoms with Gasteiger partial charge in [0.15, 0.2) is 0 Å². The topological polar surface area (TPSA) is 118 Å². The smallest absolute Gasteiger partial charge is 0.275 e. The van der Waals surface area contributed by atoms with Gasteiger partial charge < -0.3 is 10.6 Å². The summed E-state index contributed by atoms with van der Waals surface area (Å²) in [6, 6.07) is 0. The van der Waals surface area contributed by atoms with Crippen molar-refractivity contribution < 1.29 is 14.4 Å². The van der Waals surface area contributed by atoms with Gasteiger partial charge in [-0.25, -0.2) is 4.98 Å². The van der Waals surface area contributed by atoms with Crippen molar-refractivity contribution in [3.8, 4) is 0 Å². The summed E-state index contributed by atoms with van der Waals surface area (Å²) in [6.07, 6.45) is 2.53. The minimum Gasteiger partial charge on any atom is -0.382 e. The molecule has 1 aliphatic heterocycles. The molecular weight excluding hydrogens is 226 g/mol. The number of hydrogen-bond donors (Lipinski definition) is 2. The number of carbonyl (C=O) groups excluding carboxylic acids is 3. The Morgan fingerprint density at radius 3 is 2.53 bits per heavy atom. The number of nitrogens with two attached hydrogens (primary N) is 1. The average molecular weight is 235 g/mol. The van der Waals surface area contributed by atoms with E-state index in [1.54, 1.807) is 0 Å². The van der Waals surface area contributed by atoms with Gasteiger partial charge in [-0.05, 0) is 0 Å². The zero-order valence-electron chi connectivity index (χ0n) is 8.71. The van der Waals surface area contributed by atoms with Gasteiger partial charge in [-0.1, -0.05) is 0 Å². The van der Waals surface area contributed by atoms with Gasteiger partial charge in [0, 0.05) is 0 Å². The number of amides is 3. The summed E-state index contributed by atoms with van der Waals surface area (Å²) in [4.78, 5) is 42.7. The molecule has 8 heteroatoms. The second-order valence-corrected chi connectivity index (χ2v) is 3.46. The maximum absolute atomic E-state index is 11.9. The first-order chi connectivity index (χ1) is 8.06. The highest BCUT2D eigenvalue weighted by Gasteiger charge is 2.27. The first-order valence-electron chi connectivity index (χ1n) is 4.76. The minimum absolute atomic E-state index is 0.00694. The van der Waals surface area contributed by atoms with Crippen LogP contribution in [0.4, 0.5) is 5.82 Å². The zero-order chi connectivity index (χ0) is 12.4. The maximum atomic E-state index is 11.9. The van der Waals surface area contributed by atoms with Crippen LogP contribution in [0.5, 0.6) is 0 Å². The number of rotatable bonds is 1. The number of hydrogen-bond acceptors (Lipinski definition) is 6. The SMILES string of the molecule is Nc1cncc(C(=O)N2CC(=O)NC(=O)C2)n1. The molecule has 8 nitrogen and oxygen atoms in total. The highest BCUT2D eigenvalue weighted by atomic mass is 16.2. The molecule has 0 spiro atoms. The van der Waals surface area contributed by atoms with Gasteiger partial charge in [0.2, 0.25) is 11.8 Å². The van der Waals surface area contributed by atoms with Crippen molar-refractivity contribution in [2.75, 3.05) is 18.8 Å². The molecule has 0 aliphatic carbocycles. The van der Waals surface area contributed by atoms with E-state index in [0.29, 0.717) is 0 Å². The second-order valence-electron chi connectivity index (χ2n) is 3.46. The normalized spacial score (nSPS) is 15.6. The molecule has 0 saturated carbocycles. The molecule has 1 aromatic rings. The highest BCUT2D eigenvalue weighted by Crippen LogP contribution is 2.04. The van der Waals surface area contributed by atoms with Crippen LogP contribution in [0.3, 0.4) is 0 Å². The van der Waals surface area contributed by atoms with Crippen molar-refractivity contribution in [2.24, 2.45) is 0 Å². The Labute approximate surface area is 95.8 Å². The van der Waals surface area contributed by atoms with Crippen molar-refractivity contribution in [1.82, 2.24) is 20.2 Å². The van der Waals surface area contributed by atoms with Crippen molar-refractivity contribution >= 4 is 23.5 Å². The van der Waals surface area contributed by atoms with Crippen LogP contribution in [0.1, 0.15) is 10.5 Å². The van der Waals surface area contributed by atoms with Crippen LogP contribution in [-0.2, 0) is 9.59 Å². The lowest BCUT2D eigenvalue weighted by molar-refractivity contribution is -0.135. The minimum atomic E-state index is -0.548. The van der Waals surface area contributed by atoms with E-state index in [4.69, 9.17) is 5.73 Å². The molecule has 2 rings (SSSR count). The molecule has 1 saturated heterocycles. The molecule has 0 atom stereocenters. The van der Waals surface area contributed by atoms with E-state index >= 15 is 0 Å². The molecule has 1 aliphatic rings. The Hall–Kier alpha value is -2.51. The van der Waals surface area contributed by atoms with Gasteiger partial charge in [-0.15, -0.1) is 0 Å². The van der Waals surface area contributed by atoms with Crippen molar-refractivity contribution in [1.29, 1.82) is 0 Å². The van der Waals surface area contributed by atoms with Crippen molar-refractivity contribution in [3.63, 3.8) is 0 Å². The highest BCUT2D eigenvalue weighted by molar-refractivity contribution is 6.05. The number of nitrogens with zero attached hydrogens (tertiary/aromatic N) is 3. The lowest BCUT2D eigenvalue weighted by atomic mass is 10.3. The van der Waals surface area contributed by atoms with Crippen LogP contribution in [0.25, 0.3) is 0 Å². The Morgan fingerprint density at radius 2 is 1.94 bits per heavy atom. The van der Waals surface area contributed by atoms with Gasteiger partial charge in [0.25, 0.3) is 5.91 Å². The summed E-state index contributed by atoms with van der Waals surface area (Å²) in [5, 5.41) is 2.09. The lowest BCUT2D eigenvalue weighted by Crippen LogP contribution is -2.53. The molecule has 1 aromatic heterocycles. The second kappa shape index (κ2) is 4.16.